The second kappa shape index (κ2) is 6.35. The number of carbonyl (C=O) groups excluding carboxylic acids is 4. The number of nitrogens with one attached hydrogen (secondary N) is 1. The lowest BCUT2D eigenvalue weighted by Gasteiger charge is -2.30. The molecule has 3 N–H and O–H groups in total. The minimum atomic E-state index is -0.638. The topological polar surface area (TPSA) is 110 Å². The summed E-state index contributed by atoms with van der Waals surface area (Å²) in [6, 6.07) is 1.52. The zero-order valence-electron chi connectivity index (χ0n) is 13.2. The fourth-order valence-electron chi connectivity index (χ4n) is 3.55. The fourth-order valence-corrected chi connectivity index (χ4v) is 4.36. The Morgan fingerprint density at radius 2 is 1.96 bits per heavy atom. The van der Waals surface area contributed by atoms with E-state index < -0.39 is 17.2 Å². The number of anilines is 1. The van der Waals surface area contributed by atoms with E-state index >= 15 is 0 Å². The third-order valence-corrected chi connectivity index (χ3v) is 5.62. The van der Waals surface area contributed by atoms with Crippen LogP contribution in [0.4, 0.5) is 5.00 Å². The molecule has 1 saturated carbocycles. The number of hydrogen-bond acceptors (Lipinski definition) is 5. The molecule has 0 aromatic carbocycles. The van der Waals surface area contributed by atoms with Crippen LogP contribution in [0.2, 0.25) is 0 Å². The van der Waals surface area contributed by atoms with Crippen LogP contribution in [0.1, 0.15) is 48.9 Å². The van der Waals surface area contributed by atoms with Gasteiger partial charge in [-0.15, -0.1) is 11.3 Å². The van der Waals surface area contributed by atoms with Crippen LogP contribution in [0.15, 0.2) is 11.4 Å². The molecule has 2 aliphatic rings. The van der Waals surface area contributed by atoms with Gasteiger partial charge in [-0.25, -0.2) is 0 Å². The van der Waals surface area contributed by atoms with Crippen LogP contribution < -0.4 is 11.1 Å². The van der Waals surface area contributed by atoms with E-state index in [0.29, 0.717) is 17.8 Å². The van der Waals surface area contributed by atoms with Gasteiger partial charge in [0.1, 0.15) is 11.5 Å². The lowest BCUT2D eigenvalue weighted by Crippen LogP contribution is -2.41. The first-order chi connectivity index (χ1) is 11.4. The summed E-state index contributed by atoms with van der Waals surface area (Å²) < 4.78 is 0. The molecule has 3 rings (SSSR count). The molecule has 4 amide bonds. The smallest absolute Gasteiger partial charge is 0.251 e. The normalized spacial score (nSPS) is 19.8. The molecule has 0 atom stereocenters. The van der Waals surface area contributed by atoms with E-state index in [1.807, 2.05) is 0 Å². The molecule has 0 radical (unpaired) electrons. The van der Waals surface area contributed by atoms with E-state index in [2.05, 4.69) is 5.32 Å². The predicted octanol–water partition coefficient (Wildman–Crippen LogP) is 1.49. The molecule has 1 spiro atoms. The Morgan fingerprint density at radius 1 is 1.25 bits per heavy atom. The van der Waals surface area contributed by atoms with Crippen LogP contribution in [0.5, 0.6) is 0 Å². The maximum atomic E-state index is 12.7. The van der Waals surface area contributed by atoms with E-state index in [9.17, 15) is 19.2 Å². The standard InChI is InChI=1S/C16H19N3O4S/c17-13(22)10-4-7-24-14(10)18-11(20)9-19-12(21)8-16(15(19)23)5-2-1-3-6-16/h4,7H,1-3,5-6,8-9H2,(H2,17,22)(H,18,20). The Labute approximate surface area is 143 Å². The SMILES string of the molecule is NC(=O)c1ccsc1NC(=O)CN1C(=O)CC2(CCCCC2)C1=O. The van der Waals surface area contributed by atoms with Crippen molar-refractivity contribution in [1.29, 1.82) is 0 Å². The lowest BCUT2D eigenvalue weighted by molar-refractivity contribution is -0.144. The van der Waals surface area contributed by atoms with Gasteiger partial charge in [0.2, 0.25) is 17.7 Å². The summed E-state index contributed by atoms with van der Waals surface area (Å²) in [6.45, 7) is -0.324. The van der Waals surface area contributed by atoms with E-state index in [1.165, 1.54) is 17.4 Å². The summed E-state index contributed by atoms with van der Waals surface area (Å²) in [4.78, 5) is 49.4. The third kappa shape index (κ3) is 2.93. The molecule has 1 aliphatic heterocycles. The molecule has 7 nitrogen and oxygen atoms in total. The Balaban J connectivity index is 1.68. The zero-order chi connectivity index (χ0) is 17.3. The van der Waals surface area contributed by atoms with Crippen LogP contribution >= 0.6 is 11.3 Å². The quantitative estimate of drug-likeness (QED) is 0.803. The Hall–Kier alpha value is -2.22. The number of primary amides is 1. The van der Waals surface area contributed by atoms with Crippen molar-refractivity contribution < 1.29 is 19.2 Å². The summed E-state index contributed by atoms with van der Waals surface area (Å²) in [7, 11) is 0. The molecule has 1 aromatic heterocycles. The lowest BCUT2D eigenvalue weighted by atomic mass is 9.73. The number of amides is 4. The van der Waals surface area contributed by atoms with Gasteiger partial charge in [0.05, 0.1) is 11.0 Å². The Morgan fingerprint density at radius 3 is 2.62 bits per heavy atom. The number of nitrogens with two attached hydrogens (primary N) is 1. The van der Waals surface area contributed by atoms with Gasteiger partial charge in [-0.3, -0.25) is 24.1 Å². The van der Waals surface area contributed by atoms with Crippen molar-refractivity contribution in [2.75, 3.05) is 11.9 Å². The molecular formula is C16H19N3O4S. The first-order valence-corrected chi connectivity index (χ1v) is 8.83. The van der Waals surface area contributed by atoms with E-state index in [-0.39, 0.29) is 30.3 Å². The van der Waals surface area contributed by atoms with Crippen molar-refractivity contribution >= 4 is 40.0 Å². The van der Waals surface area contributed by atoms with Crippen molar-refractivity contribution in [3.05, 3.63) is 17.0 Å². The second-order valence-corrected chi connectivity index (χ2v) is 7.29. The largest absolute Gasteiger partial charge is 0.366 e. The van der Waals surface area contributed by atoms with E-state index in [1.54, 1.807) is 5.38 Å². The number of hydrogen-bond donors (Lipinski definition) is 2. The van der Waals surface area contributed by atoms with Gasteiger partial charge in [0.15, 0.2) is 0 Å². The second-order valence-electron chi connectivity index (χ2n) is 6.38. The molecule has 2 fully saturated rings. The highest BCUT2D eigenvalue weighted by Gasteiger charge is 2.51. The van der Waals surface area contributed by atoms with Crippen molar-refractivity contribution in [2.45, 2.75) is 38.5 Å². The summed E-state index contributed by atoms with van der Waals surface area (Å²) in [5.74, 6) is -1.67. The summed E-state index contributed by atoms with van der Waals surface area (Å²) in [6.07, 6.45) is 4.59. The monoisotopic (exact) mass is 349 g/mol. The summed E-state index contributed by atoms with van der Waals surface area (Å²) >= 11 is 1.17. The van der Waals surface area contributed by atoms with Crippen molar-refractivity contribution in [3.63, 3.8) is 0 Å². The molecule has 0 unspecified atom stereocenters. The average molecular weight is 349 g/mol. The highest BCUT2D eigenvalue weighted by molar-refractivity contribution is 7.14. The van der Waals surface area contributed by atoms with Gasteiger partial charge in [-0.05, 0) is 24.3 Å². The molecule has 128 valence electrons. The summed E-state index contributed by atoms with van der Waals surface area (Å²) in [5.41, 5.74) is 4.85. The van der Waals surface area contributed by atoms with Gasteiger partial charge in [0.25, 0.3) is 5.91 Å². The highest BCUT2D eigenvalue weighted by atomic mass is 32.1. The molecule has 1 saturated heterocycles. The molecule has 1 aliphatic carbocycles. The van der Waals surface area contributed by atoms with Crippen LogP contribution in [0.25, 0.3) is 0 Å². The first kappa shape index (κ1) is 16.6. The third-order valence-electron chi connectivity index (χ3n) is 4.79. The van der Waals surface area contributed by atoms with Gasteiger partial charge >= 0.3 is 0 Å². The Kier molecular flexibility index (Phi) is 4.40. The van der Waals surface area contributed by atoms with E-state index in [0.717, 1.165) is 24.2 Å². The van der Waals surface area contributed by atoms with Gasteiger partial charge < -0.3 is 11.1 Å². The van der Waals surface area contributed by atoms with Crippen molar-refractivity contribution in [3.8, 4) is 0 Å². The van der Waals surface area contributed by atoms with Crippen LogP contribution in [0.3, 0.4) is 0 Å². The minimum absolute atomic E-state index is 0.199. The zero-order valence-corrected chi connectivity index (χ0v) is 14.0. The molecule has 2 heterocycles. The molecular weight excluding hydrogens is 330 g/mol. The van der Waals surface area contributed by atoms with Gasteiger partial charge in [-0.1, -0.05) is 19.3 Å². The van der Waals surface area contributed by atoms with Crippen LogP contribution in [-0.4, -0.2) is 35.1 Å². The van der Waals surface area contributed by atoms with Crippen LogP contribution in [0, 0.1) is 5.41 Å². The number of likely N-dealkylation sites (tertiary alicyclic amines) is 1. The number of imide groups is 1. The predicted molar refractivity (Wildman–Crippen MR) is 88.3 cm³/mol. The number of carbonyl (C=O) groups is 4. The maximum absolute atomic E-state index is 12.7. The number of thiophene rings is 1. The van der Waals surface area contributed by atoms with Gasteiger partial charge in [0, 0.05) is 6.42 Å². The fraction of sp³-hybridized carbons (Fsp3) is 0.500. The average Bonchev–Trinajstić information content (AvgIpc) is 3.08. The van der Waals surface area contributed by atoms with Crippen molar-refractivity contribution in [1.82, 2.24) is 4.90 Å². The summed E-state index contributed by atoms with van der Waals surface area (Å²) in [5, 5.41) is 4.53. The van der Waals surface area contributed by atoms with Gasteiger partial charge in [-0.2, -0.15) is 0 Å². The molecule has 0 bridgehead atoms. The minimum Gasteiger partial charge on any atom is -0.366 e. The molecule has 24 heavy (non-hydrogen) atoms. The Bertz CT molecular complexity index is 706. The highest BCUT2D eigenvalue weighted by Crippen LogP contribution is 2.45. The van der Waals surface area contributed by atoms with E-state index in [4.69, 9.17) is 5.73 Å². The molecule has 8 heteroatoms. The maximum Gasteiger partial charge on any atom is 0.251 e. The van der Waals surface area contributed by atoms with Crippen molar-refractivity contribution in [2.24, 2.45) is 11.1 Å². The number of nitrogens with zero attached hydrogens (tertiary/aromatic N) is 1. The number of rotatable bonds is 4. The first-order valence-electron chi connectivity index (χ1n) is 7.95. The van der Waals surface area contributed by atoms with Crippen LogP contribution in [-0.2, 0) is 14.4 Å². The molecule has 1 aromatic rings.